The molecule has 258 valence electrons. The number of likely N-dealkylation sites (tertiary alicyclic amines) is 1. The van der Waals surface area contributed by atoms with Crippen LogP contribution in [-0.2, 0) is 32.2 Å². The van der Waals surface area contributed by atoms with E-state index in [-0.39, 0.29) is 42.0 Å². The van der Waals surface area contributed by atoms with Crippen LogP contribution in [0, 0.1) is 0 Å². The zero-order valence-corrected chi connectivity index (χ0v) is 28.5. The Morgan fingerprint density at radius 3 is 2.40 bits per heavy atom. The van der Waals surface area contributed by atoms with Crippen molar-refractivity contribution in [3.05, 3.63) is 59.2 Å². The van der Waals surface area contributed by atoms with E-state index in [1.165, 1.54) is 11.9 Å². The average Bonchev–Trinajstić information content (AvgIpc) is 3.02. The highest BCUT2D eigenvalue weighted by molar-refractivity contribution is 7.89. The molecule has 4 amide bonds. The molecule has 3 aliphatic heterocycles. The van der Waals surface area contributed by atoms with E-state index in [4.69, 9.17) is 9.47 Å². The molecule has 2 atom stereocenters. The van der Waals surface area contributed by atoms with Gasteiger partial charge in [-0.3, -0.25) is 29.4 Å². The smallest absolute Gasteiger partial charge is 0.407 e. The van der Waals surface area contributed by atoms with Crippen LogP contribution in [0.15, 0.2) is 47.4 Å². The topological polar surface area (TPSA) is 161 Å². The van der Waals surface area contributed by atoms with Crippen LogP contribution in [0.1, 0.15) is 72.7 Å². The summed E-state index contributed by atoms with van der Waals surface area (Å²) in [5.41, 5.74) is 0.731. The zero-order valence-electron chi connectivity index (χ0n) is 27.7. The summed E-state index contributed by atoms with van der Waals surface area (Å²) < 4.78 is 26.6. The van der Waals surface area contributed by atoms with Gasteiger partial charge in [0, 0.05) is 57.8 Å². The van der Waals surface area contributed by atoms with Gasteiger partial charge in [0.05, 0.1) is 16.9 Å². The van der Waals surface area contributed by atoms with E-state index in [1.54, 1.807) is 18.2 Å². The van der Waals surface area contributed by atoms with Crippen molar-refractivity contribution in [3.63, 3.8) is 0 Å². The van der Waals surface area contributed by atoms with Gasteiger partial charge in [0.2, 0.25) is 11.8 Å². The van der Waals surface area contributed by atoms with Crippen molar-refractivity contribution in [2.75, 3.05) is 33.2 Å². The number of alkyl carbamates (subject to hydrolysis) is 1. The number of piperidine rings is 2. The summed E-state index contributed by atoms with van der Waals surface area (Å²) in [4.78, 5) is 65.0. The van der Waals surface area contributed by atoms with Crippen LogP contribution in [0.3, 0.4) is 0 Å². The number of nitrogens with one attached hydrogen (secondary N) is 2. The highest BCUT2D eigenvalue weighted by Crippen LogP contribution is 2.26. The monoisotopic (exact) mass is 681 g/mol. The number of likely N-dealkylation sites (N-methyl/N-ethyl adjacent to an activating group) is 1. The molecule has 5 rings (SSSR count). The molecule has 0 aromatic heterocycles. The summed E-state index contributed by atoms with van der Waals surface area (Å²) in [6, 6.07) is 11.6. The summed E-state index contributed by atoms with van der Waals surface area (Å²) >= 11 is -1.32. The standard InChI is InChI=1S/C34H43N5O8S/c1-34(2,3)47-33(44)35-24-13-15-39(16-14-24)48(45)27-9-7-25(8-10-27)46-26-19-38(20-26)18-22-5-6-23(21-40)28(17-22)32(43)37(4)29-11-12-30(41)36-31(29)42/h5-10,17,21,24,26,29H,11-16,18-20H2,1-4H3,(H,35,44)(H,36,41,42). The largest absolute Gasteiger partial charge is 0.593 e. The van der Waals surface area contributed by atoms with E-state index >= 15 is 0 Å². The SMILES string of the molecule is CN(C(=O)c1cc(CN2CC(Oc3ccc([S+]([O-])N4CCC(NC(=O)OC(C)(C)C)CC4)cc3)C2)ccc1C=O)C1CCC(=O)NC1=O. The number of hydrogen-bond donors (Lipinski definition) is 2. The first kappa shape index (κ1) is 35.3. The first-order valence-corrected chi connectivity index (χ1v) is 17.2. The fourth-order valence-corrected chi connectivity index (χ4v) is 7.18. The molecule has 13 nitrogen and oxygen atoms in total. The molecule has 2 unspecified atom stereocenters. The minimum Gasteiger partial charge on any atom is -0.593 e. The molecular formula is C34H43N5O8S. The molecule has 2 aromatic carbocycles. The Labute approximate surface area is 283 Å². The number of amides is 4. The normalized spacial score (nSPS) is 20.3. The number of rotatable bonds is 10. The second kappa shape index (κ2) is 15.1. The maximum Gasteiger partial charge on any atom is 0.407 e. The number of nitrogens with zero attached hydrogens (tertiary/aromatic N) is 3. The van der Waals surface area contributed by atoms with Crippen molar-refractivity contribution >= 4 is 41.5 Å². The molecule has 2 aromatic rings. The van der Waals surface area contributed by atoms with E-state index in [9.17, 15) is 28.5 Å². The third-order valence-electron chi connectivity index (χ3n) is 8.54. The molecule has 2 N–H and O–H groups in total. The highest BCUT2D eigenvalue weighted by Gasteiger charge is 2.34. The van der Waals surface area contributed by atoms with Crippen LogP contribution < -0.4 is 15.4 Å². The highest BCUT2D eigenvalue weighted by atomic mass is 32.2. The summed E-state index contributed by atoms with van der Waals surface area (Å²) in [6.45, 7) is 8.52. The Morgan fingerprint density at radius 1 is 1.08 bits per heavy atom. The Morgan fingerprint density at radius 2 is 1.77 bits per heavy atom. The predicted molar refractivity (Wildman–Crippen MR) is 177 cm³/mol. The predicted octanol–water partition coefficient (Wildman–Crippen LogP) is 2.65. The average molecular weight is 682 g/mol. The van der Waals surface area contributed by atoms with Gasteiger partial charge in [-0.25, -0.2) is 4.79 Å². The van der Waals surface area contributed by atoms with Gasteiger partial charge in [0.15, 0.2) is 11.2 Å². The molecule has 0 saturated carbocycles. The van der Waals surface area contributed by atoms with E-state index in [0.717, 1.165) is 5.56 Å². The van der Waals surface area contributed by atoms with Crippen LogP contribution in [0.4, 0.5) is 4.79 Å². The van der Waals surface area contributed by atoms with Crippen LogP contribution in [0.2, 0.25) is 0 Å². The third kappa shape index (κ3) is 8.92. The maximum atomic E-state index is 13.3. The van der Waals surface area contributed by atoms with Gasteiger partial charge in [-0.05, 0) is 75.9 Å². The van der Waals surface area contributed by atoms with Crippen molar-refractivity contribution in [1.82, 2.24) is 24.7 Å². The maximum absolute atomic E-state index is 13.3. The molecule has 0 aliphatic carbocycles. The first-order valence-electron chi connectivity index (χ1n) is 16.1. The number of ether oxygens (including phenoxy) is 2. The van der Waals surface area contributed by atoms with E-state index in [0.29, 0.717) is 62.5 Å². The van der Waals surface area contributed by atoms with Crippen molar-refractivity contribution < 1.29 is 38.0 Å². The quantitative estimate of drug-likeness (QED) is 0.217. The Kier molecular flexibility index (Phi) is 11.1. The molecule has 0 bridgehead atoms. The van der Waals surface area contributed by atoms with E-state index in [1.807, 2.05) is 49.3 Å². The summed E-state index contributed by atoms with van der Waals surface area (Å²) in [5.74, 6) is -0.660. The summed E-state index contributed by atoms with van der Waals surface area (Å²) in [5, 5.41) is 5.16. The number of aldehydes is 1. The number of benzene rings is 2. The number of carbonyl (C=O) groups is 5. The van der Waals surface area contributed by atoms with Crippen molar-refractivity contribution in [2.45, 2.75) is 81.7 Å². The van der Waals surface area contributed by atoms with E-state index in [2.05, 4.69) is 15.5 Å². The molecule has 3 aliphatic rings. The fraction of sp³-hybridized carbons (Fsp3) is 0.500. The zero-order chi connectivity index (χ0) is 34.6. The molecule has 3 fully saturated rings. The second-order valence-corrected chi connectivity index (χ2v) is 14.9. The lowest BCUT2D eigenvalue weighted by Crippen LogP contribution is -2.53. The van der Waals surface area contributed by atoms with Gasteiger partial charge in [0.1, 0.15) is 23.5 Å². The number of hydrogen-bond acceptors (Lipinski definition) is 10. The molecule has 0 radical (unpaired) electrons. The van der Waals surface area contributed by atoms with Crippen LogP contribution in [-0.4, -0.2) is 106 Å². The Balaban J connectivity index is 1.08. The second-order valence-electron chi connectivity index (χ2n) is 13.4. The van der Waals surface area contributed by atoms with Gasteiger partial charge in [-0.2, -0.15) is 0 Å². The fourth-order valence-electron chi connectivity index (χ4n) is 5.97. The molecule has 48 heavy (non-hydrogen) atoms. The molecule has 3 saturated heterocycles. The minimum absolute atomic E-state index is 0.0159. The molecule has 0 spiro atoms. The molecule has 14 heteroatoms. The number of carbonyl (C=O) groups excluding carboxylic acids is 5. The summed E-state index contributed by atoms with van der Waals surface area (Å²) in [6.07, 6.45) is 1.90. The Hall–Kier alpha value is -3.98. The minimum atomic E-state index is -1.32. The van der Waals surface area contributed by atoms with Crippen molar-refractivity contribution in [1.29, 1.82) is 0 Å². The van der Waals surface area contributed by atoms with Gasteiger partial charge >= 0.3 is 6.09 Å². The van der Waals surface area contributed by atoms with Gasteiger partial charge in [0.25, 0.3) is 5.91 Å². The van der Waals surface area contributed by atoms with Crippen molar-refractivity contribution in [3.8, 4) is 5.75 Å². The lowest BCUT2D eigenvalue weighted by molar-refractivity contribution is -0.136. The van der Waals surface area contributed by atoms with Crippen LogP contribution >= 0.6 is 0 Å². The lowest BCUT2D eigenvalue weighted by atomic mass is 9.99. The van der Waals surface area contributed by atoms with Crippen molar-refractivity contribution in [2.24, 2.45) is 0 Å². The van der Waals surface area contributed by atoms with Crippen LogP contribution in [0.5, 0.6) is 5.75 Å². The molecular weight excluding hydrogens is 638 g/mol. The first-order chi connectivity index (χ1) is 22.8. The third-order valence-corrected chi connectivity index (χ3v) is 10.0. The molecule has 3 heterocycles. The Bertz CT molecular complexity index is 1520. The lowest BCUT2D eigenvalue weighted by Gasteiger charge is -2.39. The van der Waals surface area contributed by atoms with Gasteiger partial charge in [-0.1, -0.05) is 12.1 Å². The summed E-state index contributed by atoms with van der Waals surface area (Å²) in [7, 11) is 1.50. The number of imide groups is 1. The van der Waals surface area contributed by atoms with Gasteiger partial charge < -0.3 is 24.2 Å². The van der Waals surface area contributed by atoms with Gasteiger partial charge in [-0.15, -0.1) is 4.31 Å². The van der Waals surface area contributed by atoms with Crippen LogP contribution in [0.25, 0.3) is 0 Å². The van der Waals surface area contributed by atoms with E-state index < -0.39 is 40.9 Å².